The molecule has 0 aliphatic heterocycles. The van der Waals surface area contributed by atoms with Crippen molar-refractivity contribution in [2.75, 3.05) is 5.33 Å². The predicted molar refractivity (Wildman–Crippen MR) is 276 cm³/mol. The fraction of sp³-hybridized carbons (Fsp3) is 0.786. The number of nitrogens with one attached hydrogen (secondary N) is 1. The number of hydrogen-bond donors (Lipinski definition) is 3. The maximum Gasteiger partial charge on any atom is 0.199 e. The Kier molecular flexibility index (Phi) is 14.6. The second-order valence-electron chi connectivity index (χ2n) is 24.9. The van der Waals surface area contributed by atoms with Gasteiger partial charge < -0.3 is 10.2 Å². The van der Waals surface area contributed by atoms with Crippen LogP contribution in [0, 0.1) is 80.8 Å². The van der Waals surface area contributed by atoms with Gasteiger partial charge in [-0.3, -0.25) is 19.4 Å². The standard InChI is InChI=1S/C27H38N4O2.C22H35BrO2.C5H4N4.2CH4/c1-25(33)10-11-26(2)17(14-25)4-5-18-19-6-7-21(27(19,3)9-8-20(18)26)23(32)16-31-15-22-24(30-31)29-13-12-28-22;1-20(25)10-11-21(2)14(12-20)4-5-15-16-6-7-18(19(24)13-23)22(16,3)9-8-17(15)21;1-2-7-5-4(6-1)3-8-9-5;;/h12-13,15,17-21,33H,4-11,14,16H2,1-3H3;14-18,25H,4-13H2,1-3H3;1-3H,(H,7,8,9);2*1H4/t17-,18-,19-,20-,21+,25+,26-,27-;14-,15-,16-,17-,18+,20+,21-,22-;;;/m00.../s1. The number of halogens is 1. The van der Waals surface area contributed by atoms with Crippen molar-refractivity contribution in [3.8, 4) is 0 Å². The summed E-state index contributed by atoms with van der Waals surface area (Å²) in [6, 6.07) is 0. The van der Waals surface area contributed by atoms with Crippen LogP contribution in [0.4, 0.5) is 0 Å². The molecule has 12 nitrogen and oxygen atoms in total. The van der Waals surface area contributed by atoms with Gasteiger partial charge in [-0.1, -0.05) is 58.5 Å². The molecule has 0 bridgehead atoms. The largest absolute Gasteiger partial charge is 0.390 e. The zero-order chi connectivity index (χ0) is 47.1. The summed E-state index contributed by atoms with van der Waals surface area (Å²) in [5.41, 5.74) is 3.12. The van der Waals surface area contributed by atoms with E-state index in [-0.39, 0.29) is 37.5 Å². The normalized spacial score (nSPS) is 42.7. The Balaban J connectivity index is 0.000000157. The number of hydrogen-bond acceptors (Lipinski definition) is 10. The van der Waals surface area contributed by atoms with Gasteiger partial charge in [0.05, 0.1) is 35.5 Å². The number of Topliss-reactive ketones (excluding diaryl/α,β-unsaturated/α-hetero) is 2. The highest BCUT2D eigenvalue weighted by Gasteiger charge is 2.63. The number of H-pyrrole nitrogens is 1. The van der Waals surface area contributed by atoms with Gasteiger partial charge in [-0.15, -0.1) is 0 Å². The van der Waals surface area contributed by atoms with Gasteiger partial charge in [0.15, 0.2) is 17.1 Å². The number of aromatic nitrogens is 8. The summed E-state index contributed by atoms with van der Waals surface area (Å²) in [4.78, 5) is 42.6. The number of nitrogens with zero attached hydrogens (tertiary/aromatic N) is 7. The third kappa shape index (κ3) is 9.20. The monoisotopic (exact) mass is 1010 g/mol. The number of carbonyl (C=O) groups excluding carboxylic acids is 2. The first kappa shape index (κ1) is 52.2. The molecule has 12 rings (SSSR count). The molecule has 16 atom stereocenters. The molecule has 8 fully saturated rings. The summed E-state index contributed by atoms with van der Waals surface area (Å²) in [5, 5.41) is 32.8. The molecule has 13 heteroatoms. The van der Waals surface area contributed by atoms with Gasteiger partial charge in [0, 0.05) is 36.6 Å². The molecule has 0 saturated heterocycles. The van der Waals surface area contributed by atoms with Crippen molar-refractivity contribution in [2.24, 2.45) is 80.8 Å². The Morgan fingerprint density at radius 2 is 1.10 bits per heavy atom. The highest BCUT2D eigenvalue weighted by molar-refractivity contribution is 9.09. The summed E-state index contributed by atoms with van der Waals surface area (Å²) >= 11 is 3.43. The molecular weight excluding hydrogens is 929 g/mol. The second kappa shape index (κ2) is 19.4. The number of aliphatic hydroxyl groups is 2. The molecule has 8 aliphatic carbocycles. The van der Waals surface area contributed by atoms with Gasteiger partial charge >= 0.3 is 0 Å². The molecule has 0 spiro atoms. The van der Waals surface area contributed by atoms with Crippen molar-refractivity contribution < 1.29 is 19.8 Å². The van der Waals surface area contributed by atoms with Gasteiger partial charge in [0.25, 0.3) is 0 Å². The molecule has 3 N–H and O–H groups in total. The van der Waals surface area contributed by atoms with E-state index in [0.717, 1.165) is 97.6 Å². The molecule has 0 amide bonds. The molecule has 8 aliphatic rings. The van der Waals surface area contributed by atoms with Crippen molar-refractivity contribution in [1.29, 1.82) is 0 Å². The molecule has 0 aromatic carbocycles. The molecule has 69 heavy (non-hydrogen) atoms. The molecule has 8 saturated carbocycles. The quantitative estimate of drug-likeness (QED) is 0.163. The Morgan fingerprint density at radius 3 is 1.62 bits per heavy atom. The lowest BCUT2D eigenvalue weighted by Gasteiger charge is -2.61. The minimum atomic E-state index is -0.479. The smallest absolute Gasteiger partial charge is 0.199 e. The molecule has 0 radical (unpaired) electrons. The van der Waals surface area contributed by atoms with E-state index in [4.69, 9.17) is 0 Å². The van der Waals surface area contributed by atoms with Crippen LogP contribution in [0.2, 0.25) is 0 Å². The van der Waals surface area contributed by atoms with E-state index in [1.54, 1.807) is 35.7 Å². The van der Waals surface area contributed by atoms with Crippen LogP contribution in [-0.2, 0) is 16.1 Å². The number of ketones is 2. The average Bonchev–Trinajstić information content (AvgIpc) is 4.10. The van der Waals surface area contributed by atoms with Crippen molar-refractivity contribution in [3.05, 3.63) is 37.2 Å². The average molecular weight is 1010 g/mol. The van der Waals surface area contributed by atoms with Crippen LogP contribution in [0.5, 0.6) is 0 Å². The first-order chi connectivity index (χ1) is 31.9. The van der Waals surface area contributed by atoms with Crippen LogP contribution in [0.25, 0.3) is 22.3 Å². The minimum Gasteiger partial charge on any atom is -0.390 e. The van der Waals surface area contributed by atoms with Crippen LogP contribution in [0.3, 0.4) is 0 Å². The van der Waals surface area contributed by atoms with Gasteiger partial charge in [0.2, 0.25) is 0 Å². The maximum atomic E-state index is 13.5. The van der Waals surface area contributed by atoms with E-state index >= 15 is 0 Å². The van der Waals surface area contributed by atoms with Gasteiger partial charge in [-0.05, 0) is 198 Å². The third-order valence-electron chi connectivity index (χ3n) is 21.4. The Labute approximate surface area is 420 Å². The molecule has 380 valence electrons. The number of rotatable bonds is 5. The fourth-order valence-electron chi connectivity index (χ4n) is 17.8. The molecule has 4 aromatic rings. The highest BCUT2D eigenvalue weighted by atomic mass is 79.9. The lowest BCUT2D eigenvalue weighted by atomic mass is 9.44. The SMILES string of the molecule is C.C.C[C@@]1(O)CC[C@@]2(C)[C@@H](CC[C@@H]3[C@@H]2CC[C@]2(C)[C@@H](C(=O)CBr)CC[C@@H]32)C1.C[C@@]1(O)CC[C@@]2(C)[C@@H](CC[C@@H]3[C@@H]2CC[C@]2(C)[C@@H](C(=O)Cn4cc5nccnc5n4)CC[C@@H]32)C1.c1cnc2[nH]ncc2n1. The van der Waals surface area contributed by atoms with E-state index in [1.807, 2.05) is 20.0 Å². The molecular formula is C56H85BrN8O4. The number of carbonyl (C=O) groups is 2. The van der Waals surface area contributed by atoms with Crippen molar-refractivity contribution >= 4 is 49.8 Å². The zero-order valence-electron chi connectivity index (χ0n) is 41.1. The molecule has 0 unspecified atom stereocenters. The third-order valence-corrected chi connectivity index (χ3v) is 22.0. The molecule has 4 aromatic heterocycles. The number of aromatic amines is 1. The number of fused-ring (bicyclic) bond motifs is 12. The Hall–Kier alpha value is -3.16. The topological polar surface area (TPSA) is 173 Å². The summed E-state index contributed by atoms with van der Waals surface area (Å²) in [7, 11) is 0. The van der Waals surface area contributed by atoms with E-state index < -0.39 is 11.2 Å². The first-order valence-corrected chi connectivity index (χ1v) is 27.3. The van der Waals surface area contributed by atoms with Gasteiger partial charge in [-0.2, -0.15) is 10.2 Å². The summed E-state index contributed by atoms with van der Waals surface area (Å²) < 4.78 is 1.75. The Bertz CT molecular complexity index is 2390. The van der Waals surface area contributed by atoms with Crippen LogP contribution in [0.15, 0.2) is 37.2 Å². The van der Waals surface area contributed by atoms with E-state index in [1.165, 1.54) is 64.2 Å². The van der Waals surface area contributed by atoms with E-state index in [9.17, 15) is 19.8 Å². The Morgan fingerprint density at radius 1 is 0.609 bits per heavy atom. The maximum absolute atomic E-state index is 13.5. The second-order valence-corrected chi connectivity index (χ2v) is 25.4. The number of alkyl halides is 1. The summed E-state index contributed by atoms with van der Waals surface area (Å²) in [6.45, 7) is 14.4. The van der Waals surface area contributed by atoms with Gasteiger partial charge in [0.1, 0.15) is 16.8 Å². The lowest BCUT2D eigenvalue weighted by Crippen LogP contribution is -2.55. The lowest BCUT2D eigenvalue weighted by molar-refractivity contribution is -0.151. The van der Waals surface area contributed by atoms with Crippen LogP contribution >= 0.6 is 15.9 Å². The first-order valence-electron chi connectivity index (χ1n) is 26.2. The van der Waals surface area contributed by atoms with Crippen LogP contribution in [0.1, 0.15) is 172 Å². The van der Waals surface area contributed by atoms with Crippen LogP contribution < -0.4 is 0 Å². The predicted octanol–water partition coefficient (Wildman–Crippen LogP) is 11.8. The van der Waals surface area contributed by atoms with Crippen molar-refractivity contribution in [2.45, 2.75) is 190 Å². The summed E-state index contributed by atoms with van der Waals surface area (Å²) in [5.74, 6) is 7.09. The van der Waals surface area contributed by atoms with Gasteiger partial charge in [-0.25, -0.2) is 19.9 Å². The fourth-order valence-corrected chi connectivity index (χ4v) is 18.2. The van der Waals surface area contributed by atoms with E-state index in [0.29, 0.717) is 57.7 Å². The highest BCUT2D eigenvalue weighted by Crippen LogP contribution is 2.70. The van der Waals surface area contributed by atoms with Crippen LogP contribution in [-0.4, -0.2) is 78.2 Å². The van der Waals surface area contributed by atoms with E-state index in [2.05, 4.69) is 78.9 Å². The molecule has 4 heterocycles. The zero-order valence-corrected chi connectivity index (χ0v) is 42.7. The van der Waals surface area contributed by atoms with Crippen molar-refractivity contribution in [1.82, 2.24) is 39.9 Å². The summed E-state index contributed by atoms with van der Waals surface area (Å²) in [6.07, 6.45) is 31.0. The van der Waals surface area contributed by atoms with Crippen molar-refractivity contribution in [3.63, 3.8) is 0 Å². The minimum absolute atomic E-state index is 0.